The van der Waals surface area contributed by atoms with Crippen LogP contribution in [-0.4, -0.2) is 24.7 Å². The van der Waals surface area contributed by atoms with Gasteiger partial charge in [-0.2, -0.15) is 9.61 Å². The van der Waals surface area contributed by atoms with Crippen LogP contribution in [0.1, 0.15) is 16.8 Å². The molecule has 0 unspecified atom stereocenters. The molecule has 3 aromatic heterocycles. The number of hydrogen-bond donors (Lipinski definition) is 2. The Bertz CT molecular complexity index is 1100. The van der Waals surface area contributed by atoms with E-state index in [2.05, 4.69) is 15.1 Å². The van der Waals surface area contributed by atoms with E-state index in [0.29, 0.717) is 23.3 Å². The summed E-state index contributed by atoms with van der Waals surface area (Å²) in [5.41, 5.74) is 3.67. The molecule has 0 amide bonds. The number of aryl methyl sites for hydroxylation is 1. The van der Waals surface area contributed by atoms with E-state index < -0.39 is 0 Å². The van der Waals surface area contributed by atoms with Crippen molar-refractivity contribution < 1.29 is 5.11 Å². The molecule has 25 heavy (non-hydrogen) atoms. The van der Waals surface area contributed by atoms with Crippen molar-refractivity contribution >= 4 is 5.65 Å². The Morgan fingerprint density at radius 3 is 2.68 bits per heavy atom. The smallest absolute Gasteiger partial charge is 0.258 e. The molecule has 0 atom stereocenters. The molecule has 0 radical (unpaired) electrons. The molecule has 3 heterocycles. The summed E-state index contributed by atoms with van der Waals surface area (Å²) in [7, 11) is 0. The predicted molar refractivity (Wildman–Crippen MR) is 94.7 cm³/mol. The number of fused-ring (bicyclic) bond motifs is 1. The van der Waals surface area contributed by atoms with E-state index in [1.54, 1.807) is 12.4 Å². The third kappa shape index (κ3) is 2.57. The fraction of sp³-hybridized carbons (Fsp3) is 0.105. The van der Waals surface area contributed by atoms with Crippen molar-refractivity contribution in [3.05, 3.63) is 82.0 Å². The average Bonchev–Trinajstić information content (AvgIpc) is 2.96. The number of nitrogens with one attached hydrogen (secondary N) is 1. The van der Waals surface area contributed by atoms with Gasteiger partial charge in [-0.15, -0.1) is 0 Å². The fourth-order valence-corrected chi connectivity index (χ4v) is 3.02. The van der Waals surface area contributed by atoms with Gasteiger partial charge in [0.2, 0.25) is 5.88 Å². The van der Waals surface area contributed by atoms with E-state index in [-0.39, 0.29) is 11.4 Å². The van der Waals surface area contributed by atoms with Gasteiger partial charge in [0.1, 0.15) is 5.65 Å². The number of aromatic nitrogens is 4. The van der Waals surface area contributed by atoms with Crippen molar-refractivity contribution in [1.82, 2.24) is 19.6 Å². The van der Waals surface area contributed by atoms with Gasteiger partial charge in [0.15, 0.2) is 0 Å². The number of hydrogen-bond acceptors (Lipinski definition) is 4. The summed E-state index contributed by atoms with van der Waals surface area (Å²) >= 11 is 0. The Kier molecular flexibility index (Phi) is 3.57. The summed E-state index contributed by atoms with van der Waals surface area (Å²) in [5, 5.41) is 15.0. The summed E-state index contributed by atoms with van der Waals surface area (Å²) in [6.07, 6.45) is 3.72. The number of benzene rings is 1. The fourth-order valence-electron chi connectivity index (χ4n) is 3.02. The second kappa shape index (κ2) is 5.90. The van der Waals surface area contributed by atoms with Gasteiger partial charge in [0.25, 0.3) is 5.56 Å². The largest absolute Gasteiger partial charge is 0.493 e. The maximum absolute atomic E-state index is 12.6. The number of H-pyrrole nitrogens is 1. The van der Waals surface area contributed by atoms with Crippen LogP contribution in [0.25, 0.3) is 16.8 Å². The quantitative estimate of drug-likeness (QED) is 0.604. The molecule has 0 aliphatic heterocycles. The molecule has 6 nitrogen and oxygen atoms in total. The van der Waals surface area contributed by atoms with Gasteiger partial charge in [0.05, 0.1) is 11.3 Å². The number of nitrogens with zero attached hydrogens (tertiary/aromatic N) is 3. The lowest BCUT2D eigenvalue weighted by Crippen LogP contribution is -2.16. The number of aromatic hydroxyl groups is 1. The SMILES string of the molecule is Cc1nn2c(O)c(Cc3ccccc3)c(=O)[nH]c2c1-c1cccnc1. The monoisotopic (exact) mass is 332 g/mol. The molecule has 0 spiro atoms. The topological polar surface area (TPSA) is 83.3 Å². The molecule has 0 aliphatic rings. The van der Waals surface area contributed by atoms with E-state index in [1.807, 2.05) is 49.4 Å². The average molecular weight is 332 g/mol. The van der Waals surface area contributed by atoms with Gasteiger partial charge in [-0.25, -0.2) is 0 Å². The van der Waals surface area contributed by atoms with Crippen LogP contribution in [0.3, 0.4) is 0 Å². The lowest BCUT2D eigenvalue weighted by Gasteiger charge is -2.06. The first-order valence-electron chi connectivity index (χ1n) is 7.93. The summed E-state index contributed by atoms with van der Waals surface area (Å²) in [6.45, 7) is 1.84. The third-order valence-electron chi connectivity index (χ3n) is 4.21. The molecular weight excluding hydrogens is 316 g/mol. The third-order valence-corrected chi connectivity index (χ3v) is 4.21. The van der Waals surface area contributed by atoms with E-state index in [4.69, 9.17) is 0 Å². The maximum atomic E-state index is 12.6. The Balaban J connectivity index is 1.91. The predicted octanol–water partition coefficient (Wildman–Crippen LogP) is 2.69. The highest BCUT2D eigenvalue weighted by Gasteiger charge is 2.19. The van der Waals surface area contributed by atoms with Crippen LogP contribution >= 0.6 is 0 Å². The first kappa shape index (κ1) is 15.1. The molecule has 0 fully saturated rings. The van der Waals surface area contributed by atoms with Gasteiger partial charge in [-0.3, -0.25) is 9.78 Å². The van der Waals surface area contributed by atoms with Crippen molar-refractivity contribution in [1.29, 1.82) is 0 Å². The van der Waals surface area contributed by atoms with Crippen LogP contribution in [0.4, 0.5) is 0 Å². The molecule has 1 aromatic carbocycles. The minimum absolute atomic E-state index is 0.138. The standard InChI is InChI=1S/C19H16N4O2/c1-12-16(14-8-5-9-20-11-14)17-21-18(24)15(19(25)23(17)22-12)10-13-6-3-2-4-7-13/h2-9,11,25H,10H2,1H3,(H,21,24). The Morgan fingerprint density at radius 1 is 1.16 bits per heavy atom. The van der Waals surface area contributed by atoms with Gasteiger partial charge >= 0.3 is 0 Å². The van der Waals surface area contributed by atoms with Crippen LogP contribution in [0.5, 0.6) is 5.88 Å². The van der Waals surface area contributed by atoms with E-state index in [0.717, 1.165) is 16.7 Å². The molecule has 0 aliphatic carbocycles. The minimum atomic E-state index is -0.320. The molecule has 124 valence electrons. The molecular formula is C19H16N4O2. The highest BCUT2D eigenvalue weighted by Crippen LogP contribution is 2.28. The van der Waals surface area contributed by atoms with Crippen LogP contribution in [-0.2, 0) is 6.42 Å². The molecule has 6 heteroatoms. The van der Waals surface area contributed by atoms with Gasteiger partial charge < -0.3 is 10.1 Å². The number of aromatic amines is 1. The van der Waals surface area contributed by atoms with Crippen molar-refractivity contribution in [2.24, 2.45) is 0 Å². The Morgan fingerprint density at radius 2 is 1.96 bits per heavy atom. The molecule has 0 saturated heterocycles. The zero-order chi connectivity index (χ0) is 17.4. The molecule has 0 saturated carbocycles. The first-order chi connectivity index (χ1) is 12.1. The normalized spacial score (nSPS) is 11.1. The zero-order valence-electron chi connectivity index (χ0n) is 13.6. The Hall–Kier alpha value is -3.41. The summed E-state index contributed by atoms with van der Waals surface area (Å²) in [5.74, 6) is -0.138. The summed E-state index contributed by atoms with van der Waals surface area (Å²) in [6, 6.07) is 13.3. The van der Waals surface area contributed by atoms with Crippen molar-refractivity contribution in [3.63, 3.8) is 0 Å². The minimum Gasteiger partial charge on any atom is -0.493 e. The summed E-state index contributed by atoms with van der Waals surface area (Å²) in [4.78, 5) is 19.6. The van der Waals surface area contributed by atoms with Crippen LogP contribution in [0.2, 0.25) is 0 Å². The van der Waals surface area contributed by atoms with Gasteiger partial charge in [-0.05, 0) is 18.6 Å². The van der Waals surface area contributed by atoms with Gasteiger partial charge in [-0.1, -0.05) is 36.4 Å². The zero-order valence-corrected chi connectivity index (χ0v) is 13.6. The maximum Gasteiger partial charge on any atom is 0.258 e. The van der Waals surface area contributed by atoms with E-state index >= 15 is 0 Å². The van der Waals surface area contributed by atoms with Crippen molar-refractivity contribution in [2.75, 3.05) is 0 Å². The highest BCUT2D eigenvalue weighted by molar-refractivity contribution is 5.79. The van der Waals surface area contributed by atoms with Gasteiger partial charge in [0, 0.05) is 29.9 Å². The van der Waals surface area contributed by atoms with Crippen LogP contribution in [0.15, 0.2) is 59.7 Å². The Labute approximate surface area is 143 Å². The second-order valence-corrected chi connectivity index (χ2v) is 5.88. The lowest BCUT2D eigenvalue weighted by molar-refractivity contribution is 0.427. The molecule has 4 aromatic rings. The van der Waals surface area contributed by atoms with Crippen LogP contribution < -0.4 is 5.56 Å². The van der Waals surface area contributed by atoms with E-state index in [9.17, 15) is 9.90 Å². The molecule has 4 rings (SSSR count). The first-order valence-corrected chi connectivity index (χ1v) is 7.93. The van der Waals surface area contributed by atoms with Crippen LogP contribution in [0, 0.1) is 6.92 Å². The van der Waals surface area contributed by atoms with Crippen molar-refractivity contribution in [3.8, 4) is 17.0 Å². The number of rotatable bonds is 3. The second-order valence-electron chi connectivity index (χ2n) is 5.88. The van der Waals surface area contributed by atoms with E-state index in [1.165, 1.54) is 4.52 Å². The molecule has 2 N–H and O–H groups in total. The lowest BCUT2D eigenvalue weighted by atomic mass is 10.1. The number of pyridine rings is 1. The summed E-state index contributed by atoms with van der Waals surface area (Å²) < 4.78 is 1.39. The van der Waals surface area contributed by atoms with Crippen molar-refractivity contribution in [2.45, 2.75) is 13.3 Å². The highest BCUT2D eigenvalue weighted by atomic mass is 16.3. The molecule has 0 bridgehead atoms.